The summed E-state index contributed by atoms with van der Waals surface area (Å²) < 4.78 is 0. The summed E-state index contributed by atoms with van der Waals surface area (Å²) in [6.07, 6.45) is 3.35. The number of rotatable bonds is 2. The maximum absolute atomic E-state index is 6.51. The molecule has 0 spiro atoms. The number of benzene rings is 1. The van der Waals surface area contributed by atoms with Crippen molar-refractivity contribution in [1.29, 1.82) is 0 Å². The van der Waals surface area contributed by atoms with Gasteiger partial charge < -0.3 is 16.0 Å². The van der Waals surface area contributed by atoms with Gasteiger partial charge in [0.2, 0.25) is 0 Å². The fourth-order valence-corrected chi connectivity index (χ4v) is 3.03. The van der Waals surface area contributed by atoms with Crippen LogP contribution in [0, 0.1) is 0 Å². The van der Waals surface area contributed by atoms with Gasteiger partial charge in [-0.25, -0.2) is 0 Å². The van der Waals surface area contributed by atoms with Crippen molar-refractivity contribution in [2.45, 2.75) is 24.8 Å². The molecule has 3 rings (SSSR count). The van der Waals surface area contributed by atoms with Crippen LogP contribution in [0.25, 0.3) is 0 Å². The average Bonchev–Trinajstić information content (AvgIpc) is 2.73. The van der Waals surface area contributed by atoms with Crippen molar-refractivity contribution in [3.63, 3.8) is 0 Å². The summed E-state index contributed by atoms with van der Waals surface area (Å²) in [5.41, 5.74) is 9.39. The Labute approximate surface area is 103 Å². The first-order chi connectivity index (χ1) is 8.27. The Kier molecular flexibility index (Phi) is 2.81. The number of nitrogens with zero attached hydrogens (tertiary/aromatic N) is 1. The summed E-state index contributed by atoms with van der Waals surface area (Å²) in [5, 5.41) is 3.39. The van der Waals surface area contributed by atoms with Gasteiger partial charge in [-0.1, -0.05) is 18.2 Å². The first-order valence-electron chi connectivity index (χ1n) is 6.59. The Morgan fingerprint density at radius 2 is 2.00 bits per heavy atom. The Morgan fingerprint density at radius 3 is 2.82 bits per heavy atom. The third-order valence-electron chi connectivity index (χ3n) is 4.09. The number of para-hydroxylation sites is 1. The van der Waals surface area contributed by atoms with Gasteiger partial charge in [0, 0.05) is 24.3 Å². The molecule has 0 bridgehead atoms. The molecule has 17 heavy (non-hydrogen) atoms. The minimum absolute atomic E-state index is 0.00268. The number of nitrogens with one attached hydrogen (secondary N) is 1. The van der Waals surface area contributed by atoms with Crippen LogP contribution in [0.1, 0.15) is 18.4 Å². The van der Waals surface area contributed by atoms with E-state index in [-0.39, 0.29) is 5.54 Å². The van der Waals surface area contributed by atoms with Gasteiger partial charge in [0.05, 0.1) is 0 Å². The number of nitrogens with two attached hydrogens (primary N) is 1. The second kappa shape index (κ2) is 4.31. The largest absolute Gasteiger partial charge is 0.369 e. The molecule has 0 unspecified atom stereocenters. The van der Waals surface area contributed by atoms with Crippen molar-refractivity contribution in [1.82, 2.24) is 5.32 Å². The van der Waals surface area contributed by atoms with Crippen LogP contribution >= 0.6 is 0 Å². The van der Waals surface area contributed by atoms with Crippen LogP contribution < -0.4 is 16.0 Å². The van der Waals surface area contributed by atoms with Crippen LogP contribution in [-0.4, -0.2) is 31.7 Å². The molecule has 2 aliphatic heterocycles. The minimum Gasteiger partial charge on any atom is -0.369 e. The Bertz CT molecular complexity index is 396. The monoisotopic (exact) mass is 231 g/mol. The number of fused-ring (bicyclic) bond motifs is 1. The average molecular weight is 231 g/mol. The molecule has 1 aromatic carbocycles. The van der Waals surface area contributed by atoms with Crippen LogP contribution in [0.5, 0.6) is 0 Å². The van der Waals surface area contributed by atoms with E-state index in [0.29, 0.717) is 0 Å². The van der Waals surface area contributed by atoms with Gasteiger partial charge in [0.1, 0.15) is 0 Å². The third-order valence-corrected chi connectivity index (χ3v) is 4.09. The number of hydrogen-bond acceptors (Lipinski definition) is 3. The molecule has 1 aromatic rings. The van der Waals surface area contributed by atoms with E-state index in [2.05, 4.69) is 34.5 Å². The highest BCUT2D eigenvalue weighted by Gasteiger charge is 2.31. The SMILES string of the molecule is NC1(CN2CCc3ccccc32)CCNCC1. The van der Waals surface area contributed by atoms with E-state index in [1.54, 1.807) is 0 Å². The topological polar surface area (TPSA) is 41.3 Å². The lowest BCUT2D eigenvalue weighted by atomic mass is 9.89. The molecule has 3 heteroatoms. The van der Waals surface area contributed by atoms with E-state index in [4.69, 9.17) is 5.73 Å². The van der Waals surface area contributed by atoms with Crippen molar-refractivity contribution in [3.8, 4) is 0 Å². The predicted octanol–water partition coefficient (Wildman–Crippen LogP) is 1.13. The van der Waals surface area contributed by atoms with Crippen LogP contribution in [0.15, 0.2) is 24.3 Å². The third kappa shape index (κ3) is 2.17. The van der Waals surface area contributed by atoms with Crippen LogP contribution in [0.3, 0.4) is 0 Å². The van der Waals surface area contributed by atoms with Crippen LogP contribution in [0.4, 0.5) is 5.69 Å². The highest BCUT2D eigenvalue weighted by molar-refractivity contribution is 5.58. The minimum atomic E-state index is 0.00268. The molecule has 0 saturated carbocycles. The van der Waals surface area contributed by atoms with Gasteiger partial charge in [-0.3, -0.25) is 0 Å². The summed E-state index contributed by atoms with van der Waals surface area (Å²) in [5.74, 6) is 0. The molecule has 0 aliphatic carbocycles. The van der Waals surface area contributed by atoms with Gasteiger partial charge in [-0.05, 0) is 44.0 Å². The van der Waals surface area contributed by atoms with Crippen molar-refractivity contribution in [2.24, 2.45) is 5.73 Å². The maximum Gasteiger partial charge on any atom is 0.0400 e. The van der Waals surface area contributed by atoms with E-state index in [0.717, 1.165) is 39.0 Å². The Balaban J connectivity index is 1.74. The molecule has 3 N–H and O–H groups in total. The van der Waals surface area contributed by atoms with E-state index >= 15 is 0 Å². The zero-order valence-electron chi connectivity index (χ0n) is 10.3. The second-order valence-corrected chi connectivity index (χ2v) is 5.41. The molecule has 92 valence electrons. The van der Waals surface area contributed by atoms with Crippen molar-refractivity contribution in [2.75, 3.05) is 31.1 Å². The number of hydrogen-bond donors (Lipinski definition) is 2. The lowest BCUT2D eigenvalue weighted by Crippen LogP contribution is -2.55. The molecular formula is C14H21N3. The standard InChI is InChI=1S/C14H21N3/c15-14(6-8-16-9-7-14)11-17-10-5-12-3-1-2-4-13(12)17/h1-4,16H,5-11,15H2. The molecule has 0 aromatic heterocycles. The highest BCUT2D eigenvalue weighted by atomic mass is 15.2. The molecule has 2 aliphatic rings. The van der Waals surface area contributed by atoms with Crippen molar-refractivity contribution >= 4 is 5.69 Å². The summed E-state index contributed by atoms with van der Waals surface area (Å²) in [4.78, 5) is 2.47. The summed E-state index contributed by atoms with van der Waals surface area (Å²) in [6.45, 7) is 4.26. The first-order valence-corrected chi connectivity index (χ1v) is 6.59. The fraction of sp³-hybridized carbons (Fsp3) is 0.571. The normalized spacial score (nSPS) is 22.5. The van der Waals surface area contributed by atoms with E-state index in [1.165, 1.54) is 17.7 Å². The summed E-state index contributed by atoms with van der Waals surface area (Å²) in [7, 11) is 0. The Morgan fingerprint density at radius 1 is 1.24 bits per heavy atom. The van der Waals surface area contributed by atoms with Gasteiger partial charge >= 0.3 is 0 Å². The smallest absolute Gasteiger partial charge is 0.0400 e. The fourth-order valence-electron chi connectivity index (χ4n) is 3.03. The Hall–Kier alpha value is -1.06. The zero-order chi connectivity index (χ0) is 11.7. The quantitative estimate of drug-likeness (QED) is 0.801. The van der Waals surface area contributed by atoms with Crippen LogP contribution in [0.2, 0.25) is 0 Å². The molecule has 0 amide bonds. The lowest BCUT2D eigenvalue weighted by molar-refractivity contribution is 0.313. The molecule has 1 saturated heterocycles. The van der Waals surface area contributed by atoms with Gasteiger partial charge in [-0.2, -0.15) is 0 Å². The zero-order valence-corrected chi connectivity index (χ0v) is 10.3. The van der Waals surface area contributed by atoms with Gasteiger partial charge in [0.25, 0.3) is 0 Å². The molecule has 3 nitrogen and oxygen atoms in total. The van der Waals surface area contributed by atoms with E-state index in [1.807, 2.05) is 0 Å². The van der Waals surface area contributed by atoms with E-state index < -0.39 is 0 Å². The lowest BCUT2D eigenvalue weighted by Gasteiger charge is -2.38. The summed E-state index contributed by atoms with van der Waals surface area (Å²) >= 11 is 0. The number of anilines is 1. The van der Waals surface area contributed by atoms with Crippen LogP contribution in [-0.2, 0) is 6.42 Å². The number of piperidine rings is 1. The molecule has 0 radical (unpaired) electrons. The predicted molar refractivity (Wildman–Crippen MR) is 71.4 cm³/mol. The highest BCUT2D eigenvalue weighted by Crippen LogP contribution is 2.29. The first kappa shape index (κ1) is 11.1. The molecular weight excluding hydrogens is 210 g/mol. The van der Waals surface area contributed by atoms with Gasteiger partial charge in [0.15, 0.2) is 0 Å². The molecule has 0 atom stereocenters. The molecule has 1 fully saturated rings. The molecule has 2 heterocycles. The van der Waals surface area contributed by atoms with Gasteiger partial charge in [-0.15, -0.1) is 0 Å². The van der Waals surface area contributed by atoms with E-state index in [9.17, 15) is 0 Å². The maximum atomic E-state index is 6.51. The van der Waals surface area contributed by atoms with Crippen molar-refractivity contribution in [3.05, 3.63) is 29.8 Å². The summed E-state index contributed by atoms with van der Waals surface area (Å²) in [6, 6.07) is 8.72. The second-order valence-electron chi connectivity index (χ2n) is 5.41. The van der Waals surface area contributed by atoms with Crippen molar-refractivity contribution < 1.29 is 0 Å².